The lowest BCUT2D eigenvalue weighted by molar-refractivity contribution is -0.403. The van der Waals surface area contributed by atoms with Crippen molar-refractivity contribution in [2.45, 2.75) is 71.6 Å². The predicted octanol–water partition coefficient (Wildman–Crippen LogP) is 3.51. The van der Waals surface area contributed by atoms with Gasteiger partial charge in [-0.1, -0.05) is 39.0 Å². The number of aliphatic carboxylic acids is 2. The van der Waals surface area contributed by atoms with Crippen LogP contribution in [0.1, 0.15) is 64.1 Å². The third kappa shape index (κ3) is 11.7. The van der Waals surface area contributed by atoms with E-state index in [4.69, 9.17) is 0 Å². The van der Waals surface area contributed by atoms with Crippen LogP contribution in [0, 0.1) is 25.6 Å². The molecule has 18 nitrogen and oxygen atoms in total. The van der Waals surface area contributed by atoms with E-state index in [1.54, 1.807) is 6.07 Å². The van der Waals surface area contributed by atoms with E-state index >= 15 is 0 Å². The van der Waals surface area contributed by atoms with Crippen LogP contribution >= 0.6 is 0 Å². The van der Waals surface area contributed by atoms with Crippen molar-refractivity contribution in [1.82, 2.24) is 15.5 Å². The van der Waals surface area contributed by atoms with E-state index in [0.717, 1.165) is 0 Å². The van der Waals surface area contributed by atoms with Crippen molar-refractivity contribution in [3.8, 4) is 0 Å². The predicted molar refractivity (Wildman–Crippen MR) is 182 cm³/mol. The Labute approximate surface area is 291 Å². The van der Waals surface area contributed by atoms with Gasteiger partial charge in [0.15, 0.2) is 5.82 Å². The number of nitro groups is 2. The van der Waals surface area contributed by atoms with Crippen LogP contribution in [0.15, 0.2) is 66.6 Å². The first kappa shape index (κ1) is 39.1. The van der Waals surface area contributed by atoms with Gasteiger partial charge in [0.2, 0.25) is 17.7 Å². The maximum atomic E-state index is 13.5. The summed E-state index contributed by atoms with van der Waals surface area (Å²) >= 11 is 0. The van der Waals surface area contributed by atoms with Gasteiger partial charge in [0.25, 0.3) is 11.9 Å². The number of hydrogen-bond donors (Lipinski definition) is 6. The number of rotatable bonds is 16. The molecular formula is C33H39N7O11. The molecule has 3 atom stereocenters. The van der Waals surface area contributed by atoms with Crippen molar-refractivity contribution in [2.24, 2.45) is 5.41 Å². The van der Waals surface area contributed by atoms with Crippen LogP contribution in [-0.2, 0) is 30.5 Å². The fraction of sp³-hybridized carbons (Fsp3) is 0.364. The lowest BCUT2D eigenvalue weighted by Crippen LogP contribution is -2.46. The van der Waals surface area contributed by atoms with E-state index in [-0.39, 0.29) is 42.7 Å². The lowest BCUT2D eigenvalue weighted by Gasteiger charge is -2.24. The Morgan fingerprint density at radius 3 is 1.96 bits per heavy atom. The molecule has 0 saturated heterocycles. The minimum absolute atomic E-state index is 0.0303. The van der Waals surface area contributed by atoms with Crippen molar-refractivity contribution >= 4 is 46.7 Å². The number of carboxylic acid groups (broad SMARTS) is 2. The van der Waals surface area contributed by atoms with Crippen molar-refractivity contribution in [2.75, 3.05) is 10.6 Å². The first-order valence-electron chi connectivity index (χ1n) is 15.6. The number of nitro benzene ring substituents is 1. The number of carbonyl (C=O) groups excluding carboxylic acids is 3. The molecule has 0 radical (unpaired) electrons. The molecule has 1 heterocycles. The Morgan fingerprint density at radius 1 is 0.902 bits per heavy atom. The minimum atomic E-state index is -1.44. The molecular weight excluding hydrogens is 670 g/mol. The molecule has 0 fully saturated rings. The van der Waals surface area contributed by atoms with Gasteiger partial charge in [-0.2, -0.15) is 0 Å². The summed E-state index contributed by atoms with van der Waals surface area (Å²) in [5.41, 5.74) is 1.02. The van der Waals surface area contributed by atoms with Crippen LogP contribution in [0.3, 0.4) is 0 Å². The third-order valence-electron chi connectivity index (χ3n) is 7.46. The summed E-state index contributed by atoms with van der Waals surface area (Å²) in [6.07, 6.45) is 3.19. The molecule has 2 aromatic rings. The first-order chi connectivity index (χ1) is 23.8. The number of carbonyl (C=O) groups is 5. The molecule has 18 heteroatoms. The van der Waals surface area contributed by atoms with Gasteiger partial charge < -0.3 is 36.4 Å². The van der Waals surface area contributed by atoms with Gasteiger partial charge in [0, 0.05) is 43.4 Å². The van der Waals surface area contributed by atoms with Crippen molar-refractivity contribution in [3.63, 3.8) is 0 Å². The summed E-state index contributed by atoms with van der Waals surface area (Å²) in [7, 11) is 0. The normalized spacial score (nSPS) is 15.3. The molecule has 272 valence electrons. The number of fused-ring (bicyclic) bond motifs is 1. The fourth-order valence-corrected chi connectivity index (χ4v) is 5.17. The number of nitrogens with zero attached hydrogens (tertiary/aromatic N) is 3. The van der Waals surface area contributed by atoms with Crippen molar-refractivity contribution in [3.05, 3.63) is 98.0 Å². The zero-order valence-corrected chi connectivity index (χ0v) is 28.2. The minimum Gasteiger partial charge on any atom is -0.480 e. The van der Waals surface area contributed by atoms with Gasteiger partial charge in [-0.3, -0.25) is 34.6 Å². The number of nitrogens with one attached hydrogen (secondary N) is 4. The van der Waals surface area contributed by atoms with E-state index in [9.17, 15) is 54.4 Å². The molecule has 0 aromatic heterocycles. The van der Waals surface area contributed by atoms with Crippen molar-refractivity contribution in [1.29, 1.82) is 0 Å². The highest BCUT2D eigenvalue weighted by Crippen LogP contribution is 2.36. The molecule has 3 amide bonds. The van der Waals surface area contributed by atoms with E-state index in [1.165, 1.54) is 60.4 Å². The van der Waals surface area contributed by atoms with E-state index in [1.807, 2.05) is 20.8 Å². The summed E-state index contributed by atoms with van der Waals surface area (Å²) in [5, 5.41) is 52.1. The van der Waals surface area contributed by atoms with Gasteiger partial charge in [-0.25, -0.2) is 9.59 Å². The van der Waals surface area contributed by atoms with E-state index in [0.29, 0.717) is 28.7 Å². The van der Waals surface area contributed by atoms with Gasteiger partial charge in [-0.15, -0.1) is 0 Å². The summed E-state index contributed by atoms with van der Waals surface area (Å²) in [6, 6.07) is 5.90. The standard InChI is InChI=1S/C33H39N7O11/c1-19(41)38-17-20-15-22(35-27(18-39(48)49)34-21-9-12-23(13-10-21)40(50)51)11-14-24(20)29(38)30(43)37-26(32(46)47)8-6-5-7-25(31(44)45)36-28(42)16-33(2,3)4/h5-6,9-15,18,25-26,29,34-35H,7-8,16-17H2,1-4H3,(H,36,42)(H,37,43)(H,44,45)(H,46,47). The van der Waals surface area contributed by atoms with E-state index < -0.39 is 57.6 Å². The SMILES string of the molecule is CC(=O)N1Cc2cc(NC(=C[N+](=O)[O-])Nc3ccc([N+](=O)[O-])cc3)ccc2C1C(=O)NC(CC=CCC(NC(=O)CC(C)(C)C)C(=O)O)C(=O)O. The Balaban J connectivity index is 1.73. The molecule has 3 rings (SSSR count). The maximum Gasteiger partial charge on any atom is 0.326 e. The second kappa shape index (κ2) is 16.9. The smallest absolute Gasteiger partial charge is 0.326 e. The highest BCUT2D eigenvalue weighted by molar-refractivity contribution is 5.92. The molecule has 3 unspecified atom stereocenters. The van der Waals surface area contributed by atoms with E-state index in [2.05, 4.69) is 21.3 Å². The molecule has 2 aromatic carbocycles. The quantitative estimate of drug-likeness (QED) is 0.0829. The number of non-ortho nitro benzene ring substituents is 1. The number of benzene rings is 2. The Morgan fingerprint density at radius 2 is 1.45 bits per heavy atom. The van der Waals surface area contributed by atoms with Crippen LogP contribution in [0.5, 0.6) is 0 Å². The Hall–Kier alpha value is -6.33. The summed E-state index contributed by atoms with van der Waals surface area (Å²) in [6.45, 7) is 6.71. The number of anilines is 2. The van der Waals surface area contributed by atoms with Crippen LogP contribution in [-0.4, -0.2) is 66.7 Å². The fourth-order valence-electron chi connectivity index (χ4n) is 5.17. The number of hydrogen-bond acceptors (Lipinski definition) is 11. The van der Waals surface area contributed by atoms with Crippen LogP contribution in [0.4, 0.5) is 17.1 Å². The molecule has 51 heavy (non-hydrogen) atoms. The first-order valence-corrected chi connectivity index (χ1v) is 15.6. The van der Waals surface area contributed by atoms with Crippen molar-refractivity contribution < 1.29 is 44.0 Å². The zero-order chi connectivity index (χ0) is 38.0. The van der Waals surface area contributed by atoms with Crippen LogP contribution < -0.4 is 21.3 Å². The van der Waals surface area contributed by atoms with Gasteiger partial charge >= 0.3 is 11.9 Å². The molecule has 6 N–H and O–H groups in total. The third-order valence-corrected chi connectivity index (χ3v) is 7.46. The highest BCUT2D eigenvalue weighted by atomic mass is 16.6. The highest BCUT2D eigenvalue weighted by Gasteiger charge is 2.38. The van der Waals surface area contributed by atoms with Gasteiger partial charge in [0.1, 0.15) is 18.1 Å². The average Bonchev–Trinajstić information content (AvgIpc) is 3.40. The Kier molecular flexibility index (Phi) is 12.9. The zero-order valence-electron chi connectivity index (χ0n) is 28.2. The number of amides is 3. The molecule has 0 saturated carbocycles. The summed E-state index contributed by atoms with van der Waals surface area (Å²) in [5.74, 6) is -4.44. The monoisotopic (exact) mass is 709 g/mol. The van der Waals surface area contributed by atoms with Gasteiger partial charge in [-0.05, 0) is 53.6 Å². The summed E-state index contributed by atoms with van der Waals surface area (Å²) in [4.78, 5) is 84.1. The second-order valence-electron chi connectivity index (χ2n) is 12.9. The molecule has 1 aliphatic rings. The van der Waals surface area contributed by atoms with Gasteiger partial charge in [0.05, 0.1) is 9.85 Å². The van der Waals surface area contributed by atoms with Crippen LogP contribution in [0.25, 0.3) is 0 Å². The molecule has 0 spiro atoms. The summed E-state index contributed by atoms with van der Waals surface area (Å²) < 4.78 is 0. The average molecular weight is 710 g/mol. The Bertz CT molecular complexity index is 1750. The molecule has 0 aliphatic carbocycles. The number of carboxylic acids is 2. The maximum absolute atomic E-state index is 13.5. The largest absolute Gasteiger partial charge is 0.480 e. The topological polar surface area (TPSA) is 263 Å². The lowest BCUT2D eigenvalue weighted by atomic mass is 9.92. The van der Waals surface area contributed by atoms with Crippen LogP contribution in [0.2, 0.25) is 0 Å². The molecule has 1 aliphatic heterocycles. The second-order valence-corrected chi connectivity index (χ2v) is 12.9. The molecule has 0 bridgehead atoms.